The van der Waals surface area contributed by atoms with E-state index in [0.29, 0.717) is 45.9 Å². The van der Waals surface area contributed by atoms with Crippen LogP contribution in [0.2, 0.25) is 0 Å². The molecule has 0 unspecified atom stereocenters. The van der Waals surface area contributed by atoms with Crippen molar-refractivity contribution in [2.75, 3.05) is 0 Å². The molecular formula is C56H42N12S4+4. The Bertz CT molecular complexity index is 3940. The molecule has 2 aliphatic heterocycles. The molecule has 8 bridgehead atoms. The zero-order valence-electron chi connectivity index (χ0n) is 39.3. The van der Waals surface area contributed by atoms with Crippen LogP contribution in [0.15, 0.2) is 210 Å². The molecule has 7 aromatic heterocycles. The SMILES string of the molecule is C[n+]1ccccc1Sc1cccc2c1-c1nc-2nc2[nH]c(nc3nc(nc4[nH]c(n1)c1cccc(Sc5cccc[n+]5C)c41)-c1cccc(Sc4cccc[n+]4C)c1-3)c1cccc(Sc3cccc[n+]3C)c21. The maximum absolute atomic E-state index is 5.51. The lowest BCUT2D eigenvalue weighted by molar-refractivity contribution is -0.708. The number of benzene rings is 4. The molecule has 0 saturated heterocycles. The highest BCUT2D eigenvalue weighted by atomic mass is 32.2. The van der Waals surface area contributed by atoms with E-state index < -0.39 is 0 Å². The van der Waals surface area contributed by atoms with E-state index in [4.69, 9.17) is 29.9 Å². The van der Waals surface area contributed by atoms with Crippen molar-refractivity contribution < 1.29 is 18.3 Å². The maximum atomic E-state index is 5.51. The number of hydrogen-bond donors (Lipinski definition) is 2. The van der Waals surface area contributed by atoms with Gasteiger partial charge >= 0.3 is 0 Å². The molecule has 4 aromatic carbocycles. The number of aromatic amines is 2. The number of aromatic nitrogens is 12. The van der Waals surface area contributed by atoms with Crippen LogP contribution in [0.1, 0.15) is 0 Å². The first-order valence-corrected chi connectivity index (χ1v) is 26.4. The summed E-state index contributed by atoms with van der Waals surface area (Å²) < 4.78 is 8.50. The Labute approximate surface area is 430 Å². The third-order valence-electron chi connectivity index (χ3n) is 12.7. The molecule has 11 aromatic rings. The molecule has 0 atom stereocenters. The summed E-state index contributed by atoms with van der Waals surface area (Å²) in [5.41, 5.74) is 6.06. The number of rotatable bonds is 8. The minimum Gasteiger partial charge on any atom is -0.324 e. The van der Waals surface area contributed by atoms with E-state index in [1.54, 1.807) is 47.0 Å². The largest absolute Gasteiger partial charge is 0.324 e. The van der Waals surface area contributed by atoms with Crippen LogP contribution < -0.4 is 18.3 Å². The topological polar surface area (TPSA) is 124 Å². The zero-order chi connectivity index (χ0) is 48.5. The predicted molar refractivity (Wildman–Crippen MR) is 283 cm³/mol. The van der Waals surface area contributed by atoms with E-state index in [1.807, 2.05) is 24.3 Å². The van der Waals surface area contributed by atoms with Crippen LogP contribution in [-0.4, -0.2) is 39.9 Å². The molecule has 0 saturated carbocycles. The van der Waals surface area contributed by atoms with Crippen molar-refractivity contribution in [3.05, 3.63) is 170 Å². The van der Waals surface area contributed by atoms with Gasteiger partial charge in [0.1, 0.15) is 50.8 Å². The van der Waals surface area contributed by atoms with E-state index in [1.165, 1.54) is 0 Å². The van der Waals surface area contributed by atoms with Gasteiger partial charge in [-0.2, -0.15) is 18.3 Å². The van der Waals surface area contributed by atoms with Crippen LogP contribution in [0.5, 0.6) is 0 Å². The second kappa shape index (κ2) is 18.1. The molecule has 0 fully saturated rings. The summed E-state index contributed by atoms with van der Waals surface area (Å²) in [6.45, 7) is 0. The van der Waals surface area contributed by atoms with Gasteiger partial charge in [-0.3, -0.25) is 0 Å². The van der Waals surface area contributed by atoms with E-state index in [0.717, 1.165) is 83.5 Å². The number of nitrogens with one attached hydrogen (secondary N) is 2. The summed E-state index contributed by atoms with van der Waals surface area (Å²) in [6, 6.07) is 50.2. The highest BCUT2D eigenvalue weighted by Gasteiger charge is 2.29. The molecule has 0 aliphatic carbocycles. The minimum atomic E-state index is 0.540. The molecule has 2 aliphatic rings. The lowest BCUT2D eigenvalue weighted by atomic mass is 10.1. The van der Waals surface area contributed by atoms with Gasteiger partial charge in [0.05, 0.1) is 0 Å². The normalized spacial score (nSPS) is 11.8. The Morgan fingerprint density at radius 3 is 1.03 bits per heavy atom. The van der Waals surface area contributed by atoms with Crippen LogP contribution in [0.3, 0.4) is 0 Å². The van der Waals surface area contributed by atoms with Crippen LogP contribution in [0, 0.1) is 0 Å². The lowest BCUT2D eigenvalue weighted by Gasteiger charge is -2.06. The van der Waals surface area contributed by atoms with Crippen molar-refractivity contribution in [3.8, 4) is 45.6 Å². The van der Waals surface area contributed by atoms with Gasteiger partial charge in [-0.15, -0.1) is 0 Å². The highest BCUT2D eigenvalue weighted by Crippen LogP contribution is 2.46. The van der Waals surface area contributed by atoms with Crippen LogP contribution in [0.25, 0.3) is 89.7 Å². The van der Waals surface area contributed by atoms with Crippen molar-refractivity contribution in [2.45, 2.75) is 39.7 Å². The van der Waals surface area contributed by atoms with Gasteiger partial charge in [0, 0.05) is 112 Å². The smallest absolute Gasteiger partial charge is 0.244 e. The fourth-order valence-corrected chi connectivity index (χ4v) is 13.2. The van der Waals surface area contributed by atoms with Gasteiger partial charge < -0.3 is 9.97 Å². The molecule has 72 heavy (non-hydrogen) atoms. The van der Waals surface area contributed by atoms with Crippen molar-refractivity contribution in [1.29, 1.82) is 0 Å². The van der Waals surface area contributed by atoms with Gasteiger partial charge in [-0.25, -0.2) is 29.9 Å². The Morgan fingerprint density at radius 1 is 0.319 bits per heavy atom. The second-order valence-corrected chi connectivity index (χ2v) is 21.6. The van der Waals surface area contributed by atoms with Gasteiger partial charge in [0.2, 0.25) is 20.1 Å². The van der Waals surface area contributed by atoms with Gasteiger partial charge in [0.15, 0.2) is 48.1 Å². The monoisotopic (exact) mass is 1010 g/mol. The molecule has 346 valence electrons. The summed E-state index contributed by atoms with van der Waals surface area (Å²) >= 11 is 6.71. The quantitative estimate of drug-likeness (QED) is 0.142. The molecule has 0 spiro atoms. The number of nitrogens with zero attached hydrogens (tertiary/aromatic N) is 10. The Morgan fingerprint density at radius 2 is 0.653 bits per heavy atom. The number of aryl methyl sites for hydroxylation is 4. The van der Waals surface area contributed by atoms with Gasteiger partial charge in [-0.05, 0) is 95.6 Å². The van der Waals surface area contributed by atoms with Crippen molar-refractivity contribution >= 4 is 91.2 Å². The first-order chi connectivity index (χ1) is 35.3. The van der Waals surface area contributed by atoms with Gasteiger partial charge in [0.25, 0.3) is 0 Å². The third kappa shape index (κ3) is 7.87. The third-order valence-corrected chi connectivity index (χ3v) is 17.4. The number of hydrogen-bond acceptors (Lipinski definition) is 10. The maximum Gasteiger partial charge on any atom is 0.244 e. The van der Waals surface area contributed by atoms with E-state index >= 15 is 0 Å². The summed E-state index contributed by atoms with van der Waals surface area (Å²) in [6.07, 6.45) is 8.25. The van der Waals surface area contributed by atoms with E-state index in [-0.39, 0.29) is 0 Å². The zero-order valence-corrected chi connectivity index (χ0v) is 42.5. The molecule has 0 amide bonds. The molecule has 12 nitrogen and oxygen atoms in total. The Kier molecular flexibility index (Phi) is 11.1. The molecule has 13 rings (SSSR count). The highest BCUT2D eigenvalue weighted by molar-refractivity contribution is 8.00. The van der Waals surface area contributed by atoms with Crippen molar-refractivity contribution in [3.63, 3.8) is 0 Å². The molecule has 16 heteroatoms. The summed E-state index contributed by atoms with van der Waals surface area (Å²) in [4.78, 5) is 44.3. The Hall–Kier alpha value is -7.76. The van der Waals surface area contributed by atoms with Crippen LogP contribution in [-0.2, 0) is 28.2 Å². The second-order valence-electron chi connectivity index (χ2n) is 17.3. The minimum absolute atomic E-state index is 0.540. The van der Waals surface area contributed by atoms with Crippen molar-refractivity contribution in [1.82, 2.24) is 39.9 Å². The molecule has 0 radical (unpaired) electrons. The summed E-state index contributed by atoms with van der Waals surface area (Å²) in [7, 11) is 8.25. The average molecular weight is 1010 g/mol. The molecule has 2 N–H and O–H groups in total. The fraction of sp³-hybridized carbons (Fsp3) is 0.0714. The number of pyridine rings is 4. The number of H-pyrrole nitrogens is 2. The summed E-state index contributed by atoms with van der Waals surface area (Å²) in [5.74, 6) is 2.16. The molecular weight excluding hydrogens is 969 g/mol. The lowest BCUT2D eigenvalue weighted by Crippen LogP contribution is -2.29. The standard InChI is InChI=1S/C56H42N12S4/c1-65-29-9-5-25-41(65)69-37-21-13-17-33-45(37)53-57-49(33)62-54-47-35(19-15-23-39(47)71-43-27-7-11-31-67(43)3)51(59-54)64-56-48-36(20-16-24-40(48)72-44-28-8-12-32-68(44)4)52(60-56)63-55-46-34(50(58-55)61-53)18-14-22-38(46)70-42-26-6-10-30-66(42)2/h5-32H,1-4H3,(H2,57,58,59,60,61,62,63,64)/q+4. The fourth-order valence-electron chi connectivity index (χ4n) is 9.10. The van der Waals surface area contributed by atoms with Crippen LogP contribution >= 0.6 is 47.0 Å². The van der Waals surface area contributed by atoms with Crippen molar-refractivity contribution in [2.24, 2.45) is 28.2 Å². The first kappa shape index (κ1) is 44.2. The van der Waals surface area contributed by atoms with Crippen LogP contribution in [0.4, 0.5) is 0 Å². The first-order valence-electron chi connectivity index (χ1n) is 23.2. The summed E-state index contributed by atoms with van der Waals surface area (Å²) in [5, 5.41) is 7.94. The molecule has 9 heterocycles. The van der Waals surface area contributed by atoms with E-state index in [2.05, 4.69) is 203 Å². The Balaban J connectivity index is 1.15. The predicted octanol–water partition coefficient (Wildman–Crippen LogP) is 10.8. The average Bonchev–Trinajstić information content (AvgIpc) is 4.14. The van der Waals surface area contributed by atoms with Gasteiger partial charge in [-0.1, -0.05) is 48.5 Å². The number of fused-ring (bicyclic) bond motifs is 20. The van der Waals surface area contributed by atoms with E-state index in [9.17, 15) is 0 Å².